The first kappa shape index (κ1) is 14.4. The van der Waals surface area contributed by atoms with E-state index in [0.29, 0.717) is 0 Å². The lowest BCUT2D eigenvalue weighted by Gasteiger charge is -2.15. The number of fused-ring (bicyclic) bond motifs is 3. The minimum absolute atomic E-state index is 0.828. The van der Waals surface area contributed by atoms with Crippen molar-refractivity contribution >= 4 is 21.5 Å². The second-order valence-corrected chi connectivity index (χ2v) is 5.72. The predicted molar refractivity (Wildman–Crippen MR) is 101 cm³/mol. The van der Waals surface area contributed by atoms with Crippen molar-refractivity contribution in [1.82, 2.24) is 0 Å². The van der Waals surface area contributed by atoms with Gasteiger partial charge < -0.3 is 4.74 Å². The molecule has 0 spiro atoms. The summed E-state index contributed by atoms with van der Waals surface area (Å²) in [5.41, 5.74) is 2.96. The van der Waals surface area contributed by atoms with Crippen molar-refractivity contribution in [3.8, 4) is 29.2 Å². The van der Waals surface area contributed by atoms with Crippen molar-refractivity contribution in [2.75, 3.05) is 7.11 Å². The molecule has 4 rings (SSSR count). The summed E-state index contributed by atoms with van der Waals surface area (Å²) in [7, 11) is 1.69. The third kappa shape index (κ3) is 2.13. The number of benzene rings is 4. The van der Waals surface area contributed by atoms with Gasteiger partial charge in [-0.25, -0.2) is 0 Å². The number of terminal acetylenes is 1. The minimum Gasteiger partial charge on any atom is -0.496 e. The van der Waals surface area contributed by atoms with Gasteiger partial charge in [0.1, 0.15) is 5.75 Å². The summed E-state index contributed by atoms with van der Waals surface area (Å²) >= 11 is 0. The molecule has 0 unspecified atom stereocenters. The lowest BCUT2D eigenvalue weighted by atomic mass is 9.90. The number of hydrogen-bond donors (Lipinski definition) is 0. The lowest BCUT2D eigenvalue weighted by Crippen LogP contribution is -1.92. The van der Waals surface area contributed by atoms with Crippen molar-refractivity contribution < 1.29 is 4.74 Å². The van der Waals surface area contributed by atoms with Gasteiger partial charge in [-0.3, -0.25) is 0 Å². The van der Waals surface area contributed by atoms with Crippen molar-refractivity contribution in [2.45, 2.75) is 0 Å². The Morgan fingerprint density at radius 1 is 0.792 bits per heavy atom. The molecule has 0 atom stereocenters. The molecular weight excluding hydrogens is 292 g/mol. The zero-order valence-electron chi connectivity index (χ0n) is 13.4. The van der Waals surface area contributed by atoms with Gasteiger partial charge in [-0.2, -0.15) is 0 Å². The number of ether oxygens (including phenoxy) is 1. The molecule has 0 aliphatic heterocycles. The number of para-hydroxylation sites is 1. The summed E-state index contributed by atoms with van der Waals surface area (Å²) in [6.07, 6.45) is 5.82. The molecule has 0 radical (unpaired) electrons. The van der Waals surface area contributed by atoms with Crippen LogP contribution in [0.3, 0.4) is 0 Å². The summed E-state index contributed by atoms with van der Waals surface area (Å²) in [5.74, 6) is 3.67. The monoisotopic (exact) mass is 308 g/mol. The Bertz CT molecular complexity index is 1100. The molecule has 0 aliphatic carbocycles. The van der Waals surface area contributed by atoms with Crippen LogP contribution in [0, 0.1) is 12.3 Å². The maximum Gasteiger partial charge on any atom is 0.126 e. The van der Waals surface area contributed by atoms with Gasteiger partial charge >= 0.3 is 0 Å². The molecule has 4 aromatic carbocycles. The topological polar surface area (TPSA) is 9.23 Å². The number of hydrogen-bond acceptors (Lipinski definition) is 1. The van der Waals surface area contributed by atoms with Crippen LogP contribution in [0.1, 0.15) is 5.56 Å². The van der Waals surface area contributed by atoms with Crippen LogP contribution in [0.25, 0.3) is 32.7 Å². The Hall–Kier alpha value is -3.24. The fourth-order valence-electron chi connectivity index (χ4n) is 3.35. The third-order valence-corrected chi connectivity index (χ3v) is 4.44. The van der Waals surface area contributed by atoms with Gasteiger partial charge in [0, 0.05) is 16.7 Å². The van der Waals surface area contributed by atoms with E-state index in [1.54, 1.807) is 7.11 Å². The van der Waals surface area contributed by atoms with Crippen LogP contribution in [-0.4, -0.2) is 7.11 Å². The summed E-state index contributed by atoms with van der Waals surface area (Å²) in [5, 5.41) is 4.75. The molecule has 0 saturated heterocycles. The smallest absolute Gasteiger partial charge is 0.126 e. The highest BCUT2D eigenvalue weighted by atomic mass is 16.5. The second-order valence-electron chi connectivity index (χ2n) is 5.72. The van der Waals surface area contributed by atoms with Crippen LogP contribution in [0.5, 0.6) is 5.75 Å². The Kier molecular flexibility index (Phi) is 3.44. The second kappa shape index (κ2) is 5.76. The Labute approximate surface area is 141 Å². The summed E-state index contributed by atoms with van der Waals surface area (Å²) < 4.78 is 5.59. The van der Waals surface area contributed by atoms with Gasteiger partial charge in [0.25, 0.3) is 0 Å². The average molecular weight is 308 g/mol. The number of methoxy groups -OCH3 is 1. The van der Waals surface area contributed by atoms with Gasteiger partial charge in [0.05, 0.1) is 7.11 Å². The molecule has 0 N–H and O–H groups in total. The first-order valence-corrected chi connectivity index (χ1v) is 7.88. The zero-order valence-corrected chi connectivity index (χ0v) is 13.4. The molecule has 0 heterocycles. The third-order valence-electron chi connectivity index (χ3n) is 4.44. The largest absolute Gasteiger partial charge is 0.496 e. The normalized spacial score (nSPS) is 10.7. The van der Waals surface area contributed by atoms with E-state index in [2.05, 4.69) is 54.5 Å². The Morgan fingerprint density at radius 3 is 2.33 bits per heavy atom. The Balaban J connectivity index is 2.25. The van der Waals surface area contributed by atoms with Crippen LogP contribution in [-0.2, 0) is 0 Å². The van der Waals surface area contributed by atoms with E-state index in [0.717, 1.165) is 22.4 Å². The van der Waals surface area contributed by atoms with Gasteiger partial charge in [0.15, 0.2) is 0 Å². The van der Waals surface area contributed by atoms with E-state index in [1.165, 1.54) is 21.5 Å². The first-order valence-electron chi connectivity index (χ1n) is 7.88. The maximum absolute atomic E-state index is 5.82. The molecule has 114 valence electrons. The highest BCUT2D eigenvalue weighted by molar-refractivity contribution is 6.15. The SMILES string of the molecule is C#Cc1ccc2ccc3ccccc3c2c1-c1ccccc1OC. The Morgan fingerprint density at radius 2 is 1.50 bits per heavy atom. The molecule has 0 bridgehead atoms. The van der Waals surface area contributed by atoms with E-state index in [9.17, 15) is 0 Å². The molecule has 4 aromatic rings. The van der Waals surface area contributed by atoms with Crippen LogP contribution < -0.4 is 4.74 Å². The molecule has 0 aliphatic rings. The van der Waals surface area contributed by atoms with Crippen molar-refractivity contribution in [3.05, 3.63) is 78.4 Å². The average Bonchev–Trinajstić information content (AvgIpc) is 2.66. The van der Waals surface area contributed by atoms with E-state index in [-0.39, 0.29) is 0 Å². The van der Waals surface area contributed by atoms with E-state index in [4.69, 9.17) is 11.2 Å². The summed E-state index contributed by atoms with van der Waals surface area (Å²) in [6, 6.07) is 24.8. The van der Waals surface area contributed by atoms with E-state index < -0.39 is 0 Å². The van der Waals surface area contributed by atoms with Crippen LogP contribution >= 0.6 is 0 Å². The number of rotatable bonds is 2. The molecule has 1 nitrogen and oxygen atoms in total. The summed E-state index contributed by atoms with van der Waals surface area (Å²) in [4.78, 5) is 0. The van der Waals surface area contributed by atoms with Crippen LogP contribution in [0.2, 0.25) is 0 Å². The molecule has 0 amide bonds. The summed E-state index contributed by atoms with van der Waals surface area (Å²) in [6.45, 7) is 0. The van der Waals surface area contributed by atoms with Gasteiger partial charge in [-0.1, -0.05) is 66.6 Å². The highest BCUT2D eigenvalue weighted by Gasteiger charge is 2.15. The lowest BCUT2D eigenvalue weighted by molar-refractivity contribution is 0.416. The fourth-order valence-corrected chi connectivity index (χ4v) is 3.35. The molecular formula is C23H16O. The maximum atomic E-state index is 5.82. The highest BCUT2D eigenvalue weighted by Crippen LogP contribution is 2.40. The zero-order chi connectivity index (χ0) is 16.5. The van der Waals surface area contributed by atoms with Crippen LogP contribution in [0.15, 0.2) is 72.8 Å². The predicted octanol–water partition coefficient (Wildman–Crippen LogP) is 5.65. The van der Waals surface area contributed by atoms with Crippen LogP contribution in [0.4, 0.5) is 0 Å². The molecule has 0 saturated carbocycles. The van der Waals surface area contributed by atoms with E-state index in [1.807, 2.05) is 24.3 Å². The van der Waals surface area contributed by atoms with Crippen molar-refractivity contribution in [1.29, 1.82) is 0 Å². The fraction of sp³-hybridized carbons (Fsp3) is 0.0435. The standard InChI is InChI=1S/C23H16O/c1-3-16-12-14-18-15-13-17-8-4-5-9-19(17)23(18)22(16)20-10-6-7-11-21(20)24-2/h1,4-15H,2H3. The quantitative estimate of drug-likeness (QED) is 0.343. The van der Waals surface area contributed by atoms with Gasteiger partial charge in [-0.05, 0) is 33.7 Å². The van der Waals surface area contributed by atoms with E-state index >= 15 is 0 Å². The first-order chi connectivity index (χ1) is 11.8. The van der Waals surface area contributed by atoms with Crippen molar-refractivity contribution in [2.24, 2.45) is 0 Å². The molecule has 0 fully saturated rings. The van der Waals surface area contributed by atoms with Crippen molar-refractivity contribution in [3.63, 3.8) is 0 Å². The minimum atomic E-state index is 0.828. The molecule has 24 heavy (non-hydrogen) atoms. The molecule has 0 aromatic heterocycles. The van der Waals surface area contributed by atoms with Gasteiger partial charge in [-0.15, -0.1) is 6.42 Å². The van der Waals surface area contributed by atoms with Gasteiger partial charge in [0.2, 0.25) is 0 Å². The molecule has 1 heteroatoms.